The topological polar surface area (TPSA) is 58.6 Å². The van der Waals surface area contributed by atoms with Crippen LogP contribution in [0, 0.1) is 0 Å². The van der Waals surface area contributed by atoms with E-state index in [-0.39, 0.29) is 29.2 Å². The molecule has 0 aromatic heterocycles. The van der Waals surface area contributed by atoms with Gasteiger partial charge in [-0.15, -0.1) is 11.8 Å². The normalized spacial score (nSPS) is 15.9. The van der Waals surface area contributed by atoms with Crippen molar-refractivity contribution in [1.82, 2.24) is 0 Å². The van der Waals surface area contributed by atoms with Crippen LogP contribution in [0.1, 0.15) is 37.3 Å². The minimum absolute atomic E-state index is 0.0574. The molecule has 34 heavy (non-hydrogen) atoms. The van der Waals surface area contributed by atoms with Crippen LogP contribution in [-0.2, 0) is 15.0 Å². The quantitative estimate of drug-likeness (QED) is 0.428. The molecule has 1 aliphatic heterocycles. The van der Waals surface area contributed by atoms with E-state index in [1.807, 2.05) is 41.3 Å². The summed E-state index contributed by atoms with van der Waals surface area (Å²) < 4.78 is 5.49. The third kappa shape index (κ3) is 5.75. The summed E-state index contributed by atoms with van der Waals surface area (Å²) in [5.74, 6) is 0.851. The van der Waals surface area contributed by atoms with Crippen molar-refractivity contribution in [3.63, 3.8) is 0 Å². The SMILES string of the molecule is CC(C)(C)c1ccc(N2C(=O)CSC2c2ccc(NC(=O)COc3ccc(Cl)cc3)cc2)cc1. The summed E-state index contributed by atoms with van der Waals surface area (Å²) >= 11 is 7.46. The van der Waals surface area contributed by atoms with Gasteiger partial charge in [-0.2, -0.15) is 0 Å². The molecule has 1 unspecified atom stereocenters. The van der Waals surface area contributed by atoms with E-state index in [1.165, 1.54) is 5.56 Å². The third-order valence-electron chi connectivity index (χ3n) is 5.54. The first-order valence-electron chi connectivity index (χ1n) is 11.0. The maximum Gasteiger partial charge on any atom is 0.262 e. The van der Waals surface area contributed by atoms with Gasteiger partial charge in [0.1, 0.15) is 11.1 Å². The minimum Gasteiger partial charge on any atom is -0.484 e. The average Bonchev–Trinajstić information content (AvgIpc) is 3.20. The molecule has 0 spiro atoms. The fourth-order valence-corrected chi connectivity index (χ4v) is 4.98. The molecule has 1 fully saturated rings. The zero-order valence-corrected chi connectivity index (χ0v) is 21.0. The van der Waals surface area contributed by atoms with Gasteiger partial charge in [0, 0.05) is 16.4 Å². The summed E-state index contributed by atoms with van der Waals surface area (Å²) in [6, 6.07) is 22.7. The van der Waals surface area contributed by atoms with Crippen molar-refractivity contribution in [3.05, 3.63) is 88.9 Å². The van der Waals surface area contributed by atoms with Gasteiger partial charge in [-0.05, 0) is 65.1 Å². The molecule has 2 amide bonds. The monoisotopic (exact) mass is 494 g/mol. The second kappa shape index (κ2) is 10.1. The van der Waals surface area contributed by atoms with Crippen LogP contribution < -0.4 is 15.0 Å². The molecular weight excluding hydrogens is 468 g/mol. The Balaban J connectivity index is 1.40. The fourth-order valence-electron chi connectivity index (χ4n) is 3.68. The van der Waals surface area contributed by atoms with E-state index in [0.29, 0.717) is 22.2 Å². The highest BCUT2D eigenvalue weighted by atomic mass is 35.5. The molecule has 3 aromatic carbocycles. The van der Waals surface area contributed by atoms with Crippen LogP contribution in [0.2, 0.25) is 5.02 Å². The number of amides is 2. The molecular formula is C27H27ClN2O3S. The number of nitrogens with zero attached hydrogens (tertiary/aromatic N) is 1. The Labute approximate surface area is 209 Å². The molecule has 1 saturated heterocycles. The highest BCUT2D eigenvalue weighted by Crippen LogP contribution is 2.42. The predicted octanol–water partition coefficient (Wildman–Crippen LogP) is 6.43. The van der Waals surface area contributed by atoms with E-state index in [0.717, 1.165) is 11.3 Å². The summed E-state index contributed by atoms with van der Waals surface area (Å²) in [6.45, 7) is 6.41. The number of hydrogen-bond donors (Lipinski definition) is 1. The van der Waals surface area contributed by atoms with Crippen molar-refractivity contribution in [3.8, 4) is 5.75 Å². The zero-order chi connectivity index (χ0) is 24.3. The molecule has 4 rings (SSSR count). The van der Waals surface area contributed by atoms with Gasteiger partial charge in [0.25, 0.3) is 5.91 Å². The number of nitrogens with one attached hydrogen (secondary N) is 1. The molecule has 0 bridgehead atoms. The van der Waals surface area contributed by atoms with Gasteiger partial charge in [-0.1, -0.05) is 56.6 Å². The van der Waals surface area contributed by atoms with Crippen LogP contribution in [-0.4, -0.2) is 24.2 Å². The maximum absolute atomic E-state index is 12.7. The molecule has 7 heteroatoms. The van der Waals surface area contributed by atoms with E-state index in [1.54, 1.807) is 36.0 Å². The van der Waals surface area contributed by atoms with Gasteiger partial charge in [0.2, 0.25) is 5.91 Å². The molecule has 1 N–H and O–H groups in total. The highest BCUT2D eigenvalue weighted by Gasteiger charge is 2.34. The van der Waals surface area contributed by atoms with Gasteiger partial charge in [-0.3, -0.25) is 14.5 Å². The number of ether oxygens (including phenoxy) is 1. The minimum atomic E-state index is -0.256. The van der Waals surface area contributed by atoms with Crippen LogP contribution >= 0.6 is 23.4 Å². The first-order valence-corrected chi connectivity index (χ1v) is 12.5. The summed E-state index contributed by atoms with van der Waals surface area (Å²) in [5, 5.41) is 3.34. The molecule has 176 valence electrons. The van der Waals surface area contributed by atoms with Crippen molar-refractivity contribution in [2.45, 2.75) is 31.6 Å². The lowest BCUT2D eigenvalue weighted by Gasteiger charge is -2.26. The molecule has 1 atom stereocenters. The van der Waals surface area contributed by atoms with Crippen LogP contribution in [0.15, 0.2) is 72.8 Å². The van der Waals surface area contributed by atoms with Crippen LogP contribution in [0.3, 0.4) is 0 Å². The lowest BCUT2D eigenvalue weighted by atomic mass is 9.87. The Morgan fingerprint density at radius 3 is 2.29 bits per heavy atom. The molecule has 5 nitrogen and oxygen atoms in total. The number of benzene rings is 3. The zero-order valence-electron chi connectivity index (χ0n) is 19.4. The van der Waals surface area contributed by atoms with E-state index in [2.05, 4.69) is 38.2 Å². The second-order valence-electron chi connectivity index (χ2n) is 9.14. The van der Waals surface area contributed by atoms with Crippen LogP contribution in [0.25, 0.3) is 0 Å². The van der Waals surface area contributed by atoms with Crippen LogP contribution in [0.4, 0.5) is 11.4 Å². The molecule has 1 heterocycles. The second-order valence-corrected chi connectivity index (χ2v) is 10.6. The number of thioether (sulfide) groups is 1. The smallest absolute Gasteiger partial charge is 0.262 e. The fraction of sp³-hybridized carbons (Fsp3) is 0.259. The van der Waals surface area contributed by atoms with Crippen molar-refractivity contribution >= 4 is 46.6 Å². The van der Waals surface area contributed by atoms with Crippen molar-refractivity contribution in [1.29, 1.82) is 0 Å². The first-order chi connectivity index (χ1) is 16.2. The number of halogens is 1. The van der Waals surface area contributed by atoms with Gasteiger partial charge in [-0.25, -0.2) is 0 Å². The third-order valence-corrected chi connectivity index (χ3v) is 7.01. The van der Waals surface area contributed by atoms with Gasteiger partial charge in [0.15, 0.2) is 6.61 Å². The summed E-state index contributed by atoms with van der Waals surface area (Å²) in [7, 11) is 0. The Bertz CT molecular complexity index is 1160. The Kier molecular flexibility index (Phi) is 7.19. The Morgan fingerprint density at radius 1 is 1.03 bits per heavy atom. The lowest BCUT2D eigenvalue weighted by molar-refractivity contribution is -0.118. The molecule has 0 aliphatic carbocycles. The largest absolute Gasteiger partial charge is 0.484 e. The number of anilines is 2. The number of rotatable bonds is 6. The van der Waals surface area contributed by atoms with Gasteiger partial charge in [0.05, 0.1) is 5.75 Å². The number of carbonyl (C=O) groups excluding carboxylic acids is 2. The molecule has 0 saturated carbocycles. The predicted molar refractivity (Wildman–Crippen MR) is 140 cm³/mol. The van der Waals surface area contributed by atoms with Crippen molar-refractivity contribution < 1.29 is 14.3 Å². The van der Waals surface area contributed by atoms with Gasteiger partial charge >= 0.3 is 0 Å². The molecule has 1 aliphatic rings. The summed E-state index contributed by atoms with van der Waals surface area (Å²) in [5.41, 5.74) is 3.86. The van der Waals surface area contributed by atoms with E-state index in [9.17, 15) is 9.59 Å². The van der Waals surface area contributed by atoms with E-state index >= 15 is 0 Å². The first kappa shape index (κ1) is 24.2. The van der Waals surface area contributed by atoms with Gasteiger partial charge < -0.3 is 10.1 Å². The summed E-state index contributed by atoms with van der Waals surface area (Å²) in [4.78, 5) is 26.8. The van der Waals surface area contributed by atoms with E-state index < -0.39 is 0 Å². The highest BCUT2D eigenvalue weighted by molar-refractivity contribution is 8.00. The lowest BCUT2D eigenvalue weighted by Crippen LogP contribution is -2.28. The van der Waals surface area contributed by atoms with Crippen molar-refractivity contribution in [2.24, 2.45) is 0 Å². The maximum atomic E-state index is 12.7. The standard InChI is InChI=1S/C27H27ClN2O3S/c1-27(2,3)19-6-12-22(13-7-19)30-25(32)17-34-26(30)18-4-10-21(11-5-18)29-24(31)16-33-23-14-8-20(28)9-15-23/h4-15,26H,16-17H2,1-3H3,(H,29,31). The van der Waals surface area contributed by atoms with Crippen LogP contribution in [0.5, 0.6) is 5.75 Å². The average molecular weight is 495 g/mol. The molecule has 3 aromatic rings. The Hall–Kier alpha value is -2.96. The van der Waals surface area contributed by atoms with Crippen molar-refractivity contribution in [2.75, 3.05) is 22.6 Å². The number of carbonyl (C=O) groups is 2. The number of hydrogen-bond acceptors (Lipinski definition) is 4. The summed E-state index contributed by atoms with van der Waals surface area (Å²) in [6.07, 6.45) is 0. The Morgan fingerprint density at radius 2 is 1.68 bits per heavy atom. The molecule has 0 radical (unpaired) electrons. The van der Waals surface area contributed by atoms with E-state index in [4.69, 9.17) is 16.3 Å².